The lowest BCUT2D eigenvalue weighted by atomic mass is 10.1. The summed E-state index contributed by atoms with van der Waals surface area (Å²) in [6, 6.07) is 15.0. The first-order valence-electron chi connectivity index (χ1n) is 8.83. The highest BCUT2D eigenvalue weighted by Gasteiger charge is 2.17. The molecular formula is C21H24N2O3. The quantitative estimate of drug-likeness (QED) is 0.657. The van der Waals surface area contributed by atoms with E-state index in [-0.39, 0.29) is 18.3 Å². The molecule has 0 saturated carbocycles. The molecule has 0 radical (unpaired) electrons. The molecule has 1 unspecified atom stereocenters. The van der Waals surface area contributed by atoms with Crippen molar-refractivity contribution in [3.05, 3.63) is 59.9 Å². The minimum absolute atomic E-state index is 0.0576. The van der Waals surface area contributed by atoms with Gasteiger partial charge in [0.15, 0.2) is 5.78 Å². The van der Waals surface area contributed by atoms with Crippen LogP contribution in [0.25, 0.3) is 11.0 Å². The van der Waals surface area contributed by atoms with E-state index in [1.807, 2.05) is 34.9 Å². The van der Waals surface area contributed by atoms with Gasteiger partial charge in [-0.05, 0) is 31.2 Å². The van der Waals surface area contributed by atoms with Crippen LogP contribution in [-0.4, -0.2) is 33.2 Å². The van der Waals surface area contributed by atoms with Crippen molar-refractivity contribution in [2.24, 2.45) is 0 Å². The van der Waals surface area contributed by atoms with E-state index < -0.39 is 6.10 Å². The normalized spacial score (nSPS) is 12.5. The summed E-state index contributed by atoms with van der Waals surface area (Å²) in [5.41, 5.74) is 2.45. The average molecular weight is 352 g/mol. The number of aliphatic hydroxyl groups is 1. The number of fused-ring (bicyclic) bond motifs is 1. The van der Waals surface area contributed by atoms with Gasteiger partial charge in [0.05, 0.1) is 23.1 Å². The van der Waals surface area contributed by atoms with Crippen molar-refractivity contribution in [2.45, 2.75) is 39.3 Å². The number of benzene rings is 2. The summed E-state index contributed by atoms with van der Waals surface area (Å²) in [6.45, 7) is 6.17. The van der Waals surface area contributed by atoms with E-state index in [4.69, 9.17) is 4.74 Å². The molecule has 1 heterocycles. The Labute approximate surface area is 153 Å². The van der Waals surface area contributed by atoms with Gasteiger partial charge < -0.3 is 14.4 Å². The molecule has 0 amide bonds. The highest BCUT2D eigenvalue weighted by atomic mass is 16.5. The molecule has 0 aliphatic carbocycles. The van der Waals surface area contributed by atoms with Crippen molar-refractivity contribution in [3.63, 3.8) is 0 Å². The summed E-state index contributed by atoms with van der Waals surface area (Å²) < 4.78 is 7.76. The van der Waals surface area contributed by atoms with Gasteiger partial charge in [0.1, 0.15) is 24.3 Å². The Morgan fingerprint density at radius 3 is 2.58 bits per heavy atom. The van der Waals surface area contributed by atoms with Gasteiger partial charge in [-0.3, -0.25) is 4.79 Å². The Bertz CT molecular complexity index is 915. The lowest BCUT2D eigenvalue weighted by Gasteiger charge is -2.17. The summed E-state index contributed by atoms with van der Waals surface area (Å²) in [4.78, 5) is 16.4. The maximum absolute atomic E-state index is 11.7. The molecule has 3 rings (SSSR count). The lowest BCUT2D eigenvalue weighted by molar-refractivity contribution is 0.0897. The zero-order valence-electron chi connectivity index (χ0n) is 15.3. The van der Waals surface area contributed by atoms with Gasteiger partial charge in [0.2, 0.25) is 0 Å². The third-order valence-electron chi connectivity index (χ3n) is 4.29. The van der Waals surface area contributed by atoms with Crippen LogP contribution >= 0.6 is 0 Å². The van der Waals surface area contributed by atoms with E-state index in [1.54, 1.807) is 18.2 Å². The molecule has 3 aromatic rings. The van der Waals surface area contributed by atoms with E-state index in [2.05, 4.69) is 18.8 Å². The Kier molecular flexibility index (Phi) is 5.38. The van der Waals surface area contributed by atoms with Gasteiger partial charge in [0, 0.05) is 5.92 Å². The van der Waals surface area contributed by atoms with Crippen LogP contribution in [0.1, 0.15) is 42.9 Å². The number of para-hydroxylation sites is 3. The van der Waals surface area contributed by atoms with E-state index in [0.29, 0.717) is 17.9 Å². The summed E-state index contributed by atoms with van der Waals surface area (Å²) in [5, 5.41) is 10.5. The van der Waals surface area contributed by atoms with Crippen LogP contribution in [0.3, 0.4) is 0 Å². The van der Waals surface area contributed by atoms with Gasteiger partial charge in [-0.15, -0.1) is 0 Å². The third kappa shape index (κ3) is 3.78. The fourth-order valence-electron chi connectivity index (χ4n) is 3.06. The molecule has 1 N–H and O–H groups in total. The molecule has 2 aromatic carbocycles. The van der Waals surface area contributed by atoms with Crippen LogP contribution < -0.4 is 4.74 Å². The molecule has 1 atom stereocenters. The fraction of sp³-hybridized carbons (Fsp3) is 0.333. The van der Waals surface area contributed by atoms with Crippen LogP contribution in [-0.2, 0) is 6.54 Å². The number of rotatable bonds is 7. The molecule has 136 valence electrons. The molecule has 0 aliphatic rings. The monoisotopic (exact) mass is 352 g/mol. The number of aromatic nitrogens is 2. The predicted molar refractivity (Wildman–Crippen MR) is 102 cm³/mol. The zero-order chi connectivity index (χ0) is 18.7. The van der Waals surface area contributed by atoms with Crippen LogP contribution in [0.4, 0.5) is 0 Å². The van der Waals surface area contributed by atoms with Crippen LogP contribution in [0.2, 0.25) is 0 Å². The molecule has 5 heteroatoms. The molecule has 26 heavy (non-hydrogen) atoms. The second-order valence-corrected chi connectivity index (χ2v) is 6.74. The van der Waals surface area contributed by atoms with E-state index in [1.165, 1.54) is 6.92 Å². The smallest absolute Gasteiger partial charge is 0.163 e. The molecule has 0 bridgehead atoms. The number of ketones is 1. The van der Waals surface area contributed by atoms with Crippen LogP contribution in [0, 0.1) is 0 Å². The largest absolute Gasteiger partial charge is 0.490 e. The minimum Gasteiger partial charge on any atom is -0.490 e. The first-order valence-corrected chi connectivity index (χ1v) is 8.83. The minimum atomic E-state index is -0.717. The molecule has 0 aliphatic heterocycles. The van der Waals surface area contributed by atoms with E-state index >= 15 is 0 Å². The Balaban J connectivity index is 1.77. The van der Waals surface area contributed by atoms with E-state index in [9.17, 15) is 9.90 Å². The summed E-state index contributed by atoms with van der Waals surface area (Å²) >= 11 is 0. The van der Waals surface area contributed by atoms with Gasteiger partial charge >= 0.3 is 0 Å². The Morgan fingerprint density at radius 1 is 1.15 bits per heavy atom. The standard InChI is InChI=1S/C21H24N2O3/c1-14(2)21-22-18-9-5-6-10-19(18)23(21)12-16(25)13-26-20-11-7-4-8-17(20)15(3)24/h4-11,14,16,25H,12-13H2,1-3H3. The number of nitrogens with zero attached hydrogens (tertiary/aromatic N) is 2. The second kappa shape index (κ2) is 7.70. The Morgan fingerprint density at radius 2 is 1.85 bits per heavy atom. The Hall–Kier alpha value is -2.66. The number of carbonyl (C=O) groups excluding carboxylic acids is 1. The third-order valence-corrected chi connectivity index (χ3v) is 4.29. The summed E-state index contributed by atoms with van der Waals surface area (Å²) in [5.74, 6) is 1.62. The van der Waals surface area contributed by atoms with Crippen molar-refractivity contribution < 1.29 is 14.6 Å². The van der Waals surface area contributed by atoms with Gasteiger partial charge in [-0.1, -0.05) is 38.1 Å². The van der Waals surface area contributed by atoms with Crippen LogP contribution in [0.15, 0.2) is 48.5 Å². The van der Waals surface area contributed by atoms with Crippen molar-refractivity contribution in [3.8, 4) is 5.75 Å². The van der Waals surface area contributed by atoms with Gasteiger partial charge in [-0.2, -0.15) is 0 Å². The highest BCUT2D eigenvalue weighted by molar-refractivity contribution is 5.96. The predicted octanol–water partition coefficient (Wildman–Crippen LogP) is 3.80. The maximum Gasteiger partial charge on any atom is 0.163 e. The number of hydrogen-bond acceptors (Lipinski definition) is 4. The molecule has 0 spiro atoms. The van der Waals surface area contributed by atoms with E-state index in [0.717, 1.165) is 16.9 Å². The molecule has 1 aromatic heterocycles. The SMILES string of the molecule is CC(=O)c1ccccc1OCC(O)Cn1c(C(C)C)nc2ccccc21. The number of ether oxygens (including phenoxy) is 1. The summed E-state index contributed by atoms with van der Waals surface area (Å²) in [7, 11) is 0. The first kappa shape index (κ1) is 18.1. The van der Waals surface area contributed by atoms with Gasteiger partial charge in [0.25, 0.3) is 0 Å². The van der Waals surface area contributed by atoms with Crippen molar-refractivity contribution in [2.75, 3.05) is 6.61 Å². The maximum atomic E-state index is 11.7. The molecule has 0 saturated heterocycles. The topological polar surface area (TPSA) is 64.3 Å². The molecule has 0 fully saturated rings. The number of hydrogen-bond donors (Lipinski definition) is 1. The molecular weight excluding hydrogens is 328 g/mol. The van der Waals surface area contributed by atoms with Crippen molar-refractivity contribution in [1.82, 2.24) is 9.55 Å². The first-order chi connectivity index (χ1) is 12.5. The lowest BCUT2D eigenvalue weighted by Crippen LogP contribution is -2.25. The average Bonchev–Trinajstić information content (AvgIpc) is 2.99. The highest BCUT2D eigenvalue weighted by Crippen LogP contribution is 2.23. The fourth-order valence-corrected chi connectivity index (χ4v) is 3.06. The zero-order valence-corrected chi connectivity index (χ0v) is 15.3. The van der Waals surface area contributed by atoms with Crippen molar-refractivity contribution in [1.29, 1.82) is 0 Å². The summed E-state index contributed by atoms with van der Waals surface area (Å²) in [6.07, 6.45) is -0.717. The number of aliphatic hydroxyl groups excluding tert-OH is 1. The number of imidazole rings is 1. The number of carbonyl (C=O) groups is 1. The second-order valence-electron chi connectivity index (χ2n) is 6.74. The van der Waals surface area contributed by atoms with Gasteiger partial charge in [-0.25, -0.2) is 4.98 Å². The number of Topliss-reactive ketones (excluding diaryl/α,β-unsaturated/α-hetero) is 1. The van der Waals surface area contributed by atoms with Crippen LogP contribution in [0.5, 0.6) is 5.75 Å². The van der Waals surface area contributed by atoms with Crippen molar-refractivity contribution >= 4 is 16.8 Å². The molecule has 5 nitrogen and oxygen atoms in total.